The number of anilines is 1. The highest BCUT2D eigenvalue weighted by molar-refractivity contribution is 7.15. The zero-order valence-electron chi connectivity index (χ0n) is 11.5. The molecule has 0 bridgehead atoms. The number of aryl methyl sites for hydroxylation is 2. The molecule has 1 aromatic rings. The van der Waals surface area contributed by atoms with Crippen LogP contribution in [-0.2, 0) is 11.2 Å². The number of amides is 1. The topological polar surface area (TPSA) is 54.0 Å². The van der Waals surface area contributed by atoms with E-state index < -0.39 is 0 Å². The Morgan fingerprint density at radius 1 is 1.58 bits per heavy atom. The average molecular weight is 304 g/mol. The van der Waals surface area contributed by atoms with Gasteiger partial charge in [0.2, 0.25) is 5.91 Å². The second-order valence-corrected chi connectivity index (χ2v) is 5.96. The van der Waals surface area contributed by atoms with Gasteiger partial charge in [-0.2, -0.15) is 0 Å². The highest BCUT2D eigenvalue weighted by Crippen LogP contribution is 2.22. The van der Waals surface area contributed by atoms with Gasteiger partial charge < -0.3 is 10.6 Å². The number of aromatic nitrogens is 1. The summed E-state index contributed by atoms with van der Waals surface area (Å²) in [5.74, 6) is 0.0834. The van der Waals surface area contributed by atoms with Gasteiger partial charge in [0.05, 0.1) is 5.69 Å². The van der Waals surface area contributed by atoms with Crippen LogP contribution in [0.1, 0.15) is 43.2 Å². The number of thiazole rings is 1. The fourth-order valence-electron chi connectivity index (χ4n) is 2.30. The predicted molar refractivity (Wildman–Crippen MR) is 82.4 cm³/mol. The lowest BCUT2D eigenvalue weighted by atomic mass is 10.1. The average Bonchev–Trinajstić information content (AvgIpc) is 2.96. The Labute approximate surface area is 124 Å². The molecule has 1 aliphatic rings. The summed E-state index contributed by atoms with van der Waals surface area (Å²) in [5.41, 5.74) is 1.09. The SMILES string of the molecule is CCc1nc(NC(=O)CCC2CCCN2)sc1C.Cl. The number of nitrogens with zero attached hydrogens (tertiary/aromatic N) is 1. The maximum Gasteiger partial charge on any atom is 0.226 e. The van der Waals surface area contributed by atoms with Crippen LogP contribution in [0.25, 0.3) is 0 Å². The van der Waals surface area contributed by atoms with Crippen LogP contribution in [0.4, 0.5) is 5.13 Å². The second kappa shape index (κ2) is 7.82. The van der Waals surface area contributed by atoms with Crippen LogP contribution < -0.4 is 10.6 Å². The first kappa shape index (κ1) is 16.4. The standard InChI is InChI=1S/C13H21N3OS.ClH/c1-3-11-9(2)18-13(15-11)16-12(17)7-6-10-5-4-8-14-10;/h10,14H,3-8H2,1-2H3,(H,15,16,17);1H. The van der Waals surface area contributed by atoms with E-state index in [-0.39, 0.29) is 18.3 Å². The molecule has 0 aliphatic carbocycles. The molecule has 1 aliphatic heterocycles. The first-order chi connectivity index (χ1) is 8.69. The van der Waals surface area contributed by atoms with Crippen molar-refractivity contribution in [3.8, 4) is 0 Å². The molecule has 1 amide bonds. The van der Waals surface area contributed by atoms with Crippen molar-refractivity contribution in [2.24, 2.45) is 0 Å². The number of hydrogen-bond acceptors (Lipinski definition) is 4. The van der Waals surface area contributed by atoms with E-state index in [9.17, 15) is 4.79 Å². The van der Waals surface area contributed by atoms with Gasteiger partial charge in [-0.3, -0.25) is 4.79 Å². The smallest absolute Gasteiger partial charge is 0.226 e. The van der Waals surface area contributed by atoms with E-state index in [1.54, 1.807) is 11.3 Å². The van der Waals surface area contributed by atoms with Gasteiger partial charge >= 0.3 is 0 Å². The predicted octanol–water partition coefficient (Wildman–Crippen LogP) is 2.91. The fourth-order valence-corrected chi connectivity index (χ4v) is 3.22. The lowest BCUT2D eigenvalue weighted by Crippen LogP contribution is -2.23. The molecule has 1 atom stereocenters. The summed E-state index contributed by atoms with van der Waals surface area (Å²) in [6.45, 7) is 5.23. The number of carbonyl (C=O) groups is 1. The van der Waals surface area contributed by atoms with Gasteiger partial charge in [0, 0.05) is 17.3 Å². The molecule has 1 unspecified atom stereocenters. The van der Waals surface area contributed by atoms with Crippen LogP contribution in [0, 0.1) is 6.92 Å². The zero-order chi connectivity index (χ0) is 13.0. The van der Waals surface area contributed by atoms with E-state index in [0.29, 0.717) is 12.5 Å². The molecule has 0 saturated carbocycles. The van der Waals surface area contributed by atoms with Crippen molar-refractivity contribution in [1.82, 2.24) is 10.3 Å². The summed E-state index contributed by atoms with van der Waals surface area (Å²) >= 11 is 1.57. The largest absolute Gasteiger partial charge is 0.314 e. The molecular formula is C13H22ClN3OS. The summed E-state index contributed by atoms with van der Waals surface area (Å²) < 4.78 is 0. The number of nitrogens with one attached hydrogen (secondary N) is 2. The molecular weight excluding hydrogens is 282 g/mol. The molecule has 0 spiro atoms. The minimum Gasteiger partial charge on any atom is -0.314 e. The summed E-state index contributed by atoms with van der Waals surface area (Å²) in [5, 5.41) is 7.05. The van der Waals surface area contributed by atoms with Crippen molar-refractivity contribution in [3.63, 3.8) is 0 Å². The zero-order valence-corrected chi connectivity index (χ0v) is 13.1. The van der Waals surface area contributed by atoms with Crippen LogP contribution in [0.5, 0.6) is 0 Å². The summed E-state index contributed by atoms with van der Waals surface area (Å²) in [6, 6.07) is 0.528. The Morgan fingerprint density at radius 3 is 2.95 bits per heavy atom. The van der Waals surface area contributed by atoms with Gasteiger partial charge in [-0.15, -0.1) is 23.7 Å². The third kappa shape index (κ3) is 4.75. The number of rotatable bonds is 5. The van der Waals surface area contributed by atoms with E-state index in [1.165, 1.54) is 17.7 Å². The third-order valence-electron chi connectivity index (χ3n) is 3.36. The van der Waals surface area contributed by atoms with E-state index >= 15 is 0 Å². The monoisotopic (exact) mass is 303 g/mol. The van der Waals surface area contributed by atoms with Gasteiger partial charge in [-0.25, -0.2) is 4.98 Å². The first-order valence-corrected chi connectivity index (χ1v) is 7.50. The molecule has 1 fully saturated rings. The molecule has 0 radical (unpaired) electrons. The Hall–Kier alpha value is -0.650. The molecule has 19 heavy (non-hydrogen) atoms. The van der Waals surface area contributed by atoms with Gasteiger partial charge in [0.1, 0.15) is 0 Å². The Morgan fingerprint density at radius 2 is 2.37 bits per heavy atom. The van der Waals surface area contributed by atoms with Crippen molar-refractivity contribution in [2.75, 3.05) is 11.9 Å². The first-order valence-electron chi connectivity index (χ1n) is 6.68. The number of carbonyl (C=O) groups excluding carboxylic acids is 1. The van der Waals surface area contributed by atoms with Crippen LogP contribution in [-0.4, -0.2) is 23.5 Å². The summed E-state index contributed by atoms with van der Waals surface area (Å²) in [7, 11) is 0. The van der Waals surface area contributed by atoms with Crippen molar-refractivity contribution in [3.05, 3.63) is 10.6 Å². The van der Waals surface area contributed by atoms with E-state index in [1.807, 2.05) is 0 Å². The molecule has 108 valence electrons. The Bertz CT molecular complexity index is 416. The van der Waals surface area contributed by atoms with Crippen molar-refractivity contribution in [1.29, 1.82) is 0 Å². The summed E-state index contributed by atoms with van der Waals surface area (Å²) in [4.78, 5) is 17.4. The maximum absolute atomic E-state index is 11.8. The van der Waals surface area contributed by atoms with Crippen LogP contribution in [0.3, 0.4) is 0 Å². The lowest BCUT2D eigenvalue weighted by molar-refractivity contribution is -0.116. The number of halogens is 1. The molecule has 4 nitrogen and oxygen atoms in total. The minimum absolute atomic E-state index is 0. The molecule has 2 rings (SSSR count). The van der Waals surface area contributed by atoms with Crippen LogP contribution >= 0.6 is 23.7 Å². The fraction of sp³-hybridized carbons (Fsp3) is 0.692. The highest BCUT2D eigenvalue weighted by atomic mass is 35.5. The molecule has 6 heteroatoms. The van der Waals surface area contributed by atoms with Crippen molar-refractivity contribution < 1.29 is 4.79 Å². The maximum atomic E-state index is 11.8. The quantitative estimate of drug-likeness (QED) is 0.879. The molecule has 2 N–H and O–H groups in total. The van der Waals surface area contributed by atoms with E-state index in [0.717, 1.165) is 30.2 Å². The normalized spacial score (nSPS) is 18.1. The van der Waals surface area contributed by atoms with Crippen LogP contribution in [0.2, 0.25) is 0 Å². The molecule has 1 saturated heterocycles. The molecule has 0 aromatic carbocycles. The number of hydrogen-bond donors (Lipinski definition) is 2. The van der Waals surface area contributed by atoms with E-state index in [2.05, 4.69) is 29.5 Å². The van der Waals surface area contributed by atoms with Gasteiger partial charge in [-0.05, 0) is 39.2 Å². The summed E-state index contributed by atoms with van der Waals surface area (Å²) in [6.07, 6.45) is 4.86. The molecule has 1 aromatic heterocycles. The van der Waals surface area contributed by atoms with Gasteiger partial charge in [-0.1, -0.05) is 6.92 Å². The third-order valence-corrected chi connectivity index (χ3v) is 4.28. The van der Waals surface area contributed by atoms with Gasteiger partial charge in [0.25, 0.3) is 0 Å². The van der Waals surface area contributed by atoms with Crippen molar-refractivity contribution in [2.45, 2.75) is 52.0 Å². The van der Waals surface area contributed by atoms with E-state index in [4.69, 9.17) is 0 Å². The highest BCUT2D eigenvalue weighted by Gasteiger charge is 2.16. The Balaban J connectivity index is 0.00000180. The Kier molecular flexibility index (Phi) is 6.75. The van der Waals surface area contributed by atoms with Gasteiger partial charge in [0.15, 0.2) is 5.13 Å². The molecule has 2 heterocycles. The minimum atomic E-state index is 0. The lowest BCUT2D eigenvalue weighted by Gasteiger charge is -2.08. The second-order valence-electron chi connectivity index (χ2n) is 4.76. The van der Waals surface area contributed by atoms with Crippen molar-refractivity contribution >= 4 is 34.8 Å². The van der Waals surface area contributed by atoms with Crippen LogP contribution in [0.15, 0.2) is 0 Å².